The maximum atomic E-state index is 9.64. The summed E-state index contributed by atoms with van der Waals surface area (Å²) in [6.45, 7) is 2.09. The Bertz CT molecular complexity index is 885. The van der Waals surface area contributed by atoms with E-state index in [-0.39, 0.29) is 5.92 Å². The summed E-state index contributed by atoms with van der Waals surface area (Å²) in [6.07, 6.45) is 4.03. The highest BCUT2D eigenvalue weighted by atomic mass is 16.4. The number of benzene rings is 2. The highest BCUT2D eigenvalue weighted by Crippen LogP contribution is 2.31. The molecule has 3 aromatic rings. The summed E-state index contributed by atoms with van der Waals surface area (Å²) >= 11 is 0. The Hall–Kier alpha value is -3.14. The molecule has 0 bridgehead atoms. The van der Waals surface area contributed by atoms with Crippen LogP contribution in [0.1, 0.15) is 34.6 Å². The van der Waals surface area contributed by atoms with Gasteiger partial charge in [0.2, 0.25) is 0 Å². The minimum atomic E-state index is 0.0980. The van der Waals surface area contributed by atoms with Crippen molar-refractivity contribution in [1.82, 2.24) is 4.98 Å². The molecule has 0 aliphatic rings. The lowest BCUT2D eigenvalue weighted by molar-refractivity contribution is 0.317. The molecule has 0 spiro atoms. The van der Waals surface area contributed by atoms with Crippen LogP contribution < -0.4 is 4.90 Å². The standard InChI is InChI=1S/C23H25N3O/c1-17-4-6-18(7-5-17)22(19-8-10-21(11-9-19)26(2)3)16-23(25-27)20-12-14-24-15-13-20/h4-15,22,27H,16H2,1-3H3. The third kappa shape index (κ3) is 4.53. The molecule has 0 amide bonds. The zero-order chi connectivity index (χ0) is 19.2. The number of hydrogen-bond acceptors (Lipinski definition) is 4. The van der Waals surface area contributed by atoms with E-state index in [0.717, 1.165) is 11.3 Å². The Morgan fingerprint density at radius 3 is 2.00 bits per heavy atom. The molecule has 0 fully saturated rings. The number of anilines is 1. The smallest absolute Gasteiger partial charge is 0.0878 e. The zero-order valence-electron chi connectivity index (χ0n) is 16.0. The minimum Gasteiger partial charge on any atom is -0.411 e. The van der Waals surface area contributed by atoms with Crippen molar-refractivity contribution in [2.24, 2.45) is 5.16 Å². The second kappa shape index (κ2) is 8.49. The van der Waals surface area contributed by atoms with Crippen molar-refractivity contribution in [1.29, 1.82) is 0 Å². The van der Waals surface area contributed by atoms with Gasteiger partial charge in [-0.15, -0.1) is 0 Å². The van der Waals surface area contributed by atoms with Crippen molar-refractivity contribution in [2.75, 3.05) is 19.0 Å². The summed E-state index contributed by atoms with van der Waals surface area (Å²) in [5.74, 6) is 0.0980. The molecule has 0 saturated heterocycles. The van der Waals surface area contributed by atoms with E-state index in [1.165, 1.54) is 16.7 Å². The lowest BCUT2D eigenvalue weighted by Crippen LogP contribution is -2.12. The van der Waals surface area contributed by atoms with E-state index in [1.807, 2.05) is 26.2 Å². The summed E-state index contributed by atoms with van der Waals surface area (Å²) in [7, 11) is 4.07. The van der Waals surface area contributed by atoms with Crippen LogP contribution >= 0.6 is 0 Å². The lowest BCUT2D eigenvalue weighted by atomic mass is 9.85. The maximum Gasteiger partial charge on any atom is 0.0878 e. The zero-order valence-corrected chi connectivity index (χ0v) is 16.0. The molecule has 2 aromatic carbocycles. The Labute approximate surface area is 160 Å². The fourth-order valence-corrected chi connectivity index (χ4v) is 3.19. The number of nitrogens with zero attached hydrogens (tertiary/aromatic N) is 3. The first kappa shape index (κ1) is 18.6. The monoisotopic (exact) mass is 359 g/mol. The van der Waals surface area contributed by atoms with Gasteiger partial charge in [0.1, 0.15) is 0 Å². The second-order valence-corrected chi connectivity index (χ2v) is 6.94. The van der Waals surface area contributed by atoms with Crippen molar-refractivity contribution >= 4 is 11.4 Å². The highest BCUT2D eigenvalue weighted by Gasteiger charge is 2.19. The predicted octanol–water partition coefficient (Wildman–Crippen LogP) is 4.86. The van der Waals surface area contributed by atoms with Crippen LogP contribution in [0.3, 0.4) is 0 Å². The number of hydrogen-bond donors (Lipinski definition) is 1. The van der Waals surface area contributed by atoms with Gasteiger partial charge in [0.15, 0.2) is 0 Å². The number of pyridine rings is 1. The normalized spacial score (nSPS) is 12.6. The fourth-order valence-electron chi connectivity index (χ4n) is 3.19. The van der Waals surface area contributed by atoms with E-state index >= 15 is 0 Å². The number of oxime groups is 1. The topological polar surface area (TPSA) is 48.7 Å². The molecule has 4 nitrogen and oxygen atoms in total. The molecule has 0 aliphatic heterocycles. The molecule has 1 atom stereocenters. The average molecular weight is 359 g/mol. The number of aryl methyl sites for hydroxylation is 1. The fraction of sp³-hybridized carbons (Fsp3) is 0.217. The van der Waals surface area contributed by atoms with Gasteiger partial charge in [0, 0.05) is 50.1 Å². The number of aromatic nitrogens is 1. The summed E-state index contributed by atoms with van der Waals surface area (Å²) in [5, 5.41) is 13.2. The van der Waals surface area contributed by atoms with Gasteiger partial charge < -0.3 is 10.1 Å². The summed E-state index contributed by atoms with van der Waals surface area (Å²) in [6, 6.07) is 20.9. The molecule has 3 rings (SSSR count). The third-order valence-corrected chi connectivity index (χ3v) is 4.82. The number of rotatable bonds is 6. The molecule has 0 aliphatic carbocycles. The molecular formula is C23H25N3O. The van der Waals surface area contributed by atoms with Gasteiger partial charge >= 0.3 is 0 Å². The summed E-state index contributed by atoms with van der Waals surface area (Å²) < 4.78 is 0. The largest absolute Gasteiger partial charge is 0.411 e. The van der Waals surface area contributed by atoms with Gasteiger partial charge in [-0.25, -0.2) is 0 Å². The van der Waals surface area contributed by atoms with E-state index < -0.39 is 0 Å². The first-order valence-corrected chi connectivity index (χ1v) is 9.03. The Kier molecular flexibility index (Phi) is 5.87. The van der Waals surface area contributed by atoms with Crippen LogP contribution in [-0.4, -0.2) is 30.0 Å². The third-order valence-electron chi connectivity index (χ3n) is 4.82. The van der Waals surface area contributed by atoms with Crippen LogP contribution in [0.15, 0.2) is 78.2 Å². The van der Waals surface area contributed by atoms with E-state index in [9.17, 15) is 5.21 Å². The minimum absolute atomic E-state index is 0.0980. The van der Waals surface area contributed by atoms with Gasteiger partial charge in [-0.1, -0.05) is 47.1 Å². The SMILES string of the molecule is Cc1ccc(C(CC(=NO)c2ccncc2)c2ccc(N(C)C)cc2)cc1. The molecule has 1 heterocycles. The van der Waals surface area contributed by atoms with Crippen molar-refractivity contribution in [2.45, 2.75) is 19.3 Å². The predicted molar refractivity (Wildman–Crippen MR) is 111 cm³/mol. The first-order valence-electron chi connectivity index (χ1n) is 9.03. The Morgan fingerprint density at radius 2 is 1.48 bits per heavy atom. The maximum absolute atomic E-state index is 9.64. The lowest BCUT2D eigenvalue weighted by Gasteiger charge is -2.20. The highest BCUT2D eigenvalue weighted by molar-refractivity contribution is 6.00. The van der Waals surface area contributed by atoms with Gasteiger partial charge in [0.05, 0.1) is 5.71 Å². The van der Waals surface area contributed by atoms with Gasteiger partial charge in [-0.05, 0) is 42.3 Å². The van der Waals surface area contributed by atoms with Crippen molar-refractivity contribution in [3.05, 3.63) is 95.3 Å². The summed E-state index contributed by atoms with van der Waals surface area (Å²) in [5.41, 5.74) is 6.32. The molecule has 0 radical (unpaired) electrons. The molecule has 27 heavy (non-hydrogen) atoms. The molecule has 138 valence electrons. The molecular weight excluding hydrogens is 334 g/mol. The molecule has 1 N–H and O–H groups in total. The Balaban J connectivity index is 1.98. The van der Waals surface area contributed by atoms with Crippen LogP contribution in [0.2, 0.25) is 0 Å². The first-order chi connectivity index (χ1) is 13.1. The van der Waals surface area contributed by atoms with Crippen molar-refractivity contribution < 1.29 is 5.21 Å². The molecule has 1 unspecified atom stereocenters. The van der Waals surface area contributed by atoms with Crippen LogP contribution in [0.5, 0.6) is 0 Å². The van der Waals surface area contributed by atoms with Crippen molar-refractivity contribution in [3.63, 3.8) is 0 Å². The molecule has 1 aromatic heterocycles. The average Bonchev–Trinajstić information content (AvgIpc) is 2.71. The van der Waals surface area contributed by atoms with Gasteiger partial charge in [-0.3, -0.25) is 4.98 Å². The van der Waals surface area contributed by atoms with Gasteiger partial charge in [0.25, 0.3) is 0 Å². The summed E-state index contributed by atoms with van der Waals surface area (Å²) in [4.78, 5) is 6.14. The van der Waals surface area contributed by atoms with E-state index in [2.05, 4.69) is 70.5 Å². The van der Waals surface area contributed by atoms with Crippen LogP contribution in [0, 0.1) is 6.92 Å². The van der Waals surface area contributed by atoms with E-state index in [1.54, 1.807) is 12.4 Å². The van der Waals surface area contributed by atoms with Crippen LogP contribution in [0.4, 0.5) is 5.69 Å². The van der Waals surface area contributed by atoms with E-state index in [4.69, 9.17) is 0 Å². The quantitative estimate of drug-likeness (QED) is 0.388. The molecule has 4 heteroatoms. The molecule has 0 saturated carbocycles. The van der Waals surface area contributed by atoms with E-state index in [0.29, 0.717) is 12.1 Å². The van der Waals surface area contributed by atoms with Crippen molar-refractivity contribution in [3.8, 4) is 0 Å². The second-order valence-electron chi connectivity index (χ2n) is 6.94. The Morgan fingerprint density at radius 1 is 0.926 bits per heavy atom. The van der Waals surface area contributed by atoms with Crippen LogP contribution in [0.25, 0.3) is 0 Å². The van der Waals surface area contributed by atoms with Gasteiger partial charge in [-0.2, -0.15) is 0 Å². The van der Waals surface area contributed by atoms with Crippen LogP contribution in [-0.2, 0) is 0 Å².